The van der Waals surface area contributed by atoms with E-state index >= 15 is 0 Å². The lowest BCUT2D eigenvalue weighted by molar-refractivity contribution is -0.138. The van der Waals surface area contributed by atoms with E-state index in [1.807, 2.05) is 4.90 Å². The summed E-state index contributed by atoms with van der Waals surface area (Å²) >= 11 is 0. The van der Waals surface area contributed by atoms with Gasteiger partial charge in [0.1, 0.15) is 11.3 Å². The van der Waals surface area contributed by atoms with Crippen LogP contribution in [-0.4, -0.2) is 57.8 Å². The maximum atomic E-state index is 12.4. The topological polar surface area (TPSA) is 108 Å². The molecule has 0 radical (unpaired) electrons. The molecule has 8 heteroatoms. The van der Waals surface area contributed by atoms with Gasteiger partial charge in [0.15, 0.2) is 5.65 Å². The Kier molecular flexibility index (Phi) is 4.32. The zero-order chi connectivity index (χ0) is 18.1. The van der Waals surface area contributed by atoms with E-state index < -0.39 is 5.91 Å². The van der Waals surface area contributed by atoms with Crippen LogP contribution in [0.15, 0.2) is 18.5 Å². The van der Waals surface area contributed by atoms with Gasteiger partial charge in [-0.25, -0.2) is 9.97 Å². The highest BCUT2D eigenvalue weighted by Gasteiger charge is 2.31. The lowest BCUT2D eigenvalue weighted by atomic mass is 9.84. The number of H-pyrrole nitrogens is 1. The quantitative estimate of drug-likeness (QED) is 0.793. The number of piperazine rings is 1. The third kappa shape index (κ3) is 3.14. The van der Waals surface area contributed by atoms with Crippen LogP contribution < -0.4 is 10.6 Å². The number of aromatic amines is 1. The number of fused-ring (bicyclic) bond motifs is 1. The fourth-order valence-corrected chi connectivity index (χ4v) is 3.42. The number of nitrogens with zero attached hydrogens (tertiary/aromatic N) is 4. The maximum Gasteiger partial charge on any atom is 0.241 e. The predicted octanol–water partition coefficient (Wildman–Crippen LogP) is 0.905. The molecule has 1 aliphatic heterocycles. The Bertz CT molecular complexity index is 862. The summed E-state index contributed by atoms with van der Waals surface area (Å²) in [5, 5.41) is 0. The van der Waals surface area contributed by atoms with Crippen LogP contribution in [-0.2, 0) is 9.59 Å². The van der Waals surface area contributed by atoms with E-state index in [2.05, 4.69) is 14.9 Å². The summed E-state index contributed by atoms with van der Waals surface area (Å²) in [6.07, 6.45) is 9.69. The predicted molar refractivity (Wildman–Crippen MR) is 98.3 cm³/mol. The number of nitrogens with two attached hydrogens (primary N) is 1. The molecule has 1 aliphatic carbocycles. The van der Waals surface area contributed by atoms with Crippen molar-refractivity contribution in [2.45, 2.75) is 19.3 Å². The molecular formula is C18H22N6O2. The Morgan fingerprint density at radius 1 is 1.23 bits per heavy atom. The van der Waals surface area contributed by atoms with Gasteiger partial charge >= 0.3 is 0 Å². The second-order valence-corrected chi connectivity index (χ2v) is 6.85. The average Bonchev–Trinajstić information content (AvgIpc) is 3.01. The molecule has 136 valence electrons. The first kappa shape index (κ1) is 16.6. The molecule has 2 amide bonds. The van der Waals surface area contributed by atoms with Gasteiger partial charge in [-0.2, -0.15) is 0 Å². The van der Waals surface area contributed by atoms with Crippen molar-refractivity contribution in [2.75, 3.05) is 31.1 Å². The lowest BCUT2D eigenvalue weighted by Gasteiger charge is -2.38. The molecule has 2 aliphatic rings. The Labute approximate surface area is 151 Å². The molecule has 26 heavy (non-hydrogen) atoms. The number of amides is 2. The van der Waals surface area contributed by atoms with Gasteiger partial charge in [-0.05, 0) is 18.9 Å². The molecule has 0 aromatic carbocycles. The van der Waals surface area contributed by atoms with Gasteiger partial charge < -0.3 is 20.5 Å². The second-order valence-electron chi connectivity index (χ2n) is 6.85. The summed E-state index contributed by atoms with van der Waals surface area (Å²) < 4.78 is 0. The molecule has 2 aromatic rings. The van der Waals surface area contributed by atoms with Crippen molar-refractivity contribution < 1.29 is 9.59 Å². The van der Waals surface area contributed by atoms with E-state index in [1.165, 1.54) is 12.5 Å². The number of carbonyl (C=O) groups is 2. The highest BCUT2D eigenvalue weighted by Crippen LogP contribution is 2.29. The summed E-state index contributed by atoms with van der Waals surface area (Å²) in [5.41, 5.74) is 7.30. The molecular weight excluding hydrogens is 332 g/mol. The van der Waals surface area contributed by atoms with Crippen LogP contribution in [0.25, 0.3) is 17.2 Å². The molecule has 1 saturated heterocycles. The number of anilines is 1. The Balaban J connectivity index is 1.48. The van der Waals surface area contributed by atoms with E-state index in [1.54, 1.807) is 18.5 Å². The minimum atomic E-state index is -0.504. The monoisotopic (exact) mass is 354 g/mol. The normalized spacial score (nSPS) is 18.5. The third-order valence-corrected chi connectivity index (χ3v) is 5.19. The largest absolute Gasteiger partial charge is 0.366 e. The summed E-state index contributed by atoms with van der Waals surface area (Å²) in [6, 6.07) is 0. The highest BCUT2D eigenvalue weighted by molar-refractivity contribution is 5.93. The van der Waals surface area contributed by atoms with E-state index in [0.29, 0.717) is 17.1 Å². The van der Waals surface area contributed by atoms with Crippen molar-refractivity contribution >= 4 is 34.9 Å². The first-order valence-corrected chi connectivity index (χ1v) is 8.97. The summed E-state index contributed by atoms with van der Waals surface area (Å²) in [5.74, 6) is 0.830. The minimum Gasteiger partial charge on any atom is -0.366 e. The van der Waals surface area contributed by atoms with Crippen LogP contribution >= 0.6 is 0 Å². The fourth-order valence-electron chi connectivity index (χ4n) is 3.42. The Hall–Kier alpha value is -2.90. The first-order chi connectivity index (χ1) is 12.6. The van der Waals surface area contributed by atoms with Crippen molar-refractivity contribution in [1.82, 2.24) is 19.9 Å². The van der Waals surface area contributed by atoms with Crippen LogP contribution in [0.1, 0.15) is 24.8 Å². The maximum absolute atomic E-state index is 12.4. The van der Waals surface area contributed by atoms with Crippen molar-refractivity contribution in [3.8, 4) is 0 Å². The molecule has 0 bridgehead atoms. The Morgan fingerprint density at radius 3 is 2.65 bits per heavy atom. The van der Waals surface area contributed by atoms with Crippen LogP contribution in [0.2, 0.25) is 0 Å². The zero-order valence-electron chi connectivity index (χ0n) is 14.5. The lowest BCUT2D eigenvalue weighted by Crippen LogP contribution is -2.51. The van der Waals surface area contributed by atoms with Crippen LogP contribution in [0.4, 0.5) is 5.82 Å². The van der Waals surface area contributed by atoms with Crippen LogP contribution in [0.5, 0.6) is 0 Å². The summed E-state index contributed by atoms with van der Waals surface area (Å²) in [7, 11) is 0. The third-order valence-electron chi connectivity index (χ3n) is 5.19. The van der Waals surface area contributed by atoms with E-state index in [4.69, 9.17) is 10.7 Å². The van der Waals surface area contributed by atoms with Crippen LogP contribution in [0.3, 0.4) is 0 Å². The summed E-state index contributed by atoms with van der Waals surface area (Å²) in [6.45, 7) is 2.93. The number of nitrogens with one attached hydrogen (secondary N) is 1. The molecule has 0 atom stereocenters. The fraction of sp³-hybridized carbons (Fsp3) is 0.444. The molecule has 0 spiro atoms. The standard InChI is InChI=1S/C18H22N6O2/c19-14(25)5-4-13-10-20-17-16(13)22-15(11-21-17)23-6-8-24(9-7-23)18(26)12-2-1-3-12/h4-5,10-12H,1-3,6-9H2,(H2,19,25)(H,20,21). The summed E-state index contributed by atoms with van der Waals surface area (Å²) in [4.78, 5) is 39.6. The number of primary amides is 1. The average molecular weight is 354 g/mol. The van der Waals surface area contributed by atoms with E-state index in [0.717, 1.165) is 50.4 Å². The van der Waals surface area contributed by atoms with E-state index in [9.17, 15) is 9.59 Å². The van der Waals surface area contributed by atoms with Gasteiger partial charge in [0.25, 0.3) is 0 Å². The van der Waals surface area contributed by atoms with Crippen molar-refractivity contribution in [3.05, 3.63) is 24.0 Å². The van der Waals surface area contributed by atoms with Crippen molar-refractivity contribution in [1.29, 1.82) is 0 Å². The van der Waals surface area contributed by atoms with Gasteiger partial charge in [0, 0.05) is 49.9 Å². The second kappa shape index (κ2) is 6.78. The molecule has 3 heterocycles. The molecule has 4 rings (SSSR count). The molecule has 1 saturated carbocycles. The number of carbonyl (C=O) groups excluding carboxylic acids is 2. The minimum absolute atomic E-state index is 0.247. The number of hydrogen-bond acceptors (Lipinski definition) is 5. The zero-order valence-corrected chi connectivity index (χ0v) is 14.5. The van der Waals surface area contributed by atoms with E-state index in [-0.39, 0.29) is 5.92 Å². The molecule has 3 N–H and O–H groups in total. The van der Waals surface area contributed by atoms with Crippen LogP contribution in [0, 0.1) is 5.92 Å². The van der Waals surface area contributed by atoms with Gasteiger partial charge in [-0.15, -0.1) is 0 Å². The Morgan fingerprint density at radius 2 is 2.00 bits per heavy atom. The van der Waals surface area contributed by atoms with Gasteiger partial charge in [0.2, 0.25) is 11.8 Å². The first-order valence-electron chi connectivity index (χ1n) is 8.97. The number of rotatable bonds is 4. The molecule has 8 nitrogen and oxygen atoms in total. The molecule has 2 fully saturated rings. The van der Waals surface area contributed by atoms with Crippen molar-refractivity contribution in [3.63, 3.8) is 0 Å². The van der Waals surface area contributed by atoms with Gasteiger partial charge in [-0.1, -0.05) is 6.42 Å². The number of hydrogen-bond donors (Lipinski definition) is 2. The van der Waals surface area contributed by atoms with Crippen molar-refractivity contribution in [2.24, 2.45) is 11.7 Å². The highest BCUT2D eigenvalue weighted by atomic mass is 16.2. The van der Waals surface area contributed by atoms with Gasteiger partial charge in [-0.3, -0.25) is 9.59 Å². The number of aromatic nitrogens is 3. The van der Waals surface area contributed by atoms with Gasteiger partial charge in [0.05, 0.1) is 6.20 Å². The molecule has 0 unspecified atom stereocenters. The molecule has 2 aromatic heterocycles. The SMILES string of the molecule is NC(=O)C=Cc1c[nH]c2ncc(N3CCN(C(=O)C4CCC4)CC3)nc12. The smallest absolute Gasteiger partial charge is 0.241 e.